The van der Waals surface area contributed by atoms with Crippen molar-refractivity contribution in [3.05, 3.63) is 55.7 Å². The molecule has 2 heterocycles. The average molecular weight is 358 g/mol. The van der Waals surface area contributed by atoms with E-state index in [4.69, 9.17) is 23.2 Å². The number of thioether (sulfide) groups is 1. The molecule has 0 spiro atoms. The normalized spacial score (nSPS) is 18.2. The van der Waals surface area contributed by atoms with Crippen LogP contribution < -0.4 is 0 Å². The molecule has 3 rings (SSSR count). The highest BCUT2D eigenvalue weighted by Gasteiger charge is 2.32. The third-order valence-corrected chi connectivity index (χ3v) is 6.15. The molecule has 1 aliphatic heterocycles. The zero-order valence-corrected chi connectivity index (χ0v) is 14.5. The van der Waals surface area contributed by atoms with E-state index in [1.807, 2.05) is 4.90 Å². The molecular formula is C15H13Cl2NOS2. The number of halogens is 2. The molecule has 1 aromatic heterocycles. The minimum atomic E-state index is -0.0135. The minimum absolute atomic E-state index is 0.0135. The fourth-order valence-electron chi connectivity index (χ4n) is 2.34. The summed E-state index contributed by atoms with van der Waals surface area (Å²) in [7, 11) is 0. The molecule has 110 valence electrons. The van der Waals surface area contributed by atoms with Crippen molar-refractivity contribution in [3.63, 3.8) is 0 Å². The van der Waals surface area contributed by atoms with Crippen molar-refractivity contribution in [2.75, 3.05) is 12.3 Å². The molecule has 6 heteroatoms. The fourth-order valence-corrected chi connectivity index (χ4v) is 5.24. The first kappa shape index (κ1) is 15.2. The number of hydrogen-bond acceptors (Lipinski definition) is 3. The zero-order chi connectivity index (χ0) is 15.0. The number of benzene rings is 1. The number of carbonyl (C=O) groups excluding carboxylic acids is 1. The van der Waals surface area contributed by atoms with E-state index in [0.29, 0.717) is 15.6 Å². The van der Waals surface area contributed by atoms with Crippen molar-refractivity contribution in [2.45, 2.75) is 12.3 Å². The molecule has 2 nitrogen and oxygen atoms in total. The molecular weight excluding hydrogens is 345 g/mol. The molecule has 1 aromatic carbocycles. The predicted molar refractivity (Wildman–Crippen MR) is 91.8 cm³/mol. The molecule has 0 N–H and O–H groups in total. The second kappa shape index (κ2) is 6.21. The van der Waals surface area contributed by atoms with Gasteiger partial charge in [-0.05, 0) is 37.3 Å². The smallest absolute Gasteiger partial charge is 0.255 e. The number of nitrogens with zero attached hydrogens (tertiary/aromatic N) is 1. The Morgan fingerprint density at radius 3 is 2.57 bits per heavy atom. The Morgan fingerprint density at radius 2 is 1.95 bits per heavy atom. The maximum Gasteiger partial charge on any atom is 0.255 e. The number of hydrogen-bond donors (Lipinski definition) is 0. The second-order valence-corrected chi connectivity index (χ2v) is 8.21. The molecule has 1 fully saturated rings. The summed E-state index contributed by atoms with van der Waals surface area (Å²) in [5.74, 6) is 0.933. The molecule has 0 saturated carbocycles. The van der Waals surface area contributed by atoms with Crippen LogP contribution in [0.25, 0.3) is 0 Å². The van der Waals surface area contributed by atoms with Gasteiger partial charge in [0, 0.05) is 37.7 Å². The first-order valence-corrected chi connectivity index (χ1v) is 9.12. The molecule has 0 unspecified atom stereocenters. The SMILES string of the molecule is Cc1ccc([C@@H]2SCCN2C(=O)c2cc(Cl)cc(Cl)c2)s1. The van der Waals surface area contributed by atoms with E-state index < -0.39 is 0 Å². The second-order valence-electron chi connectivity index (χ2n) is 4.83. The van der Waals surface area contributed by atoms with Crippen LogP contribution in [0.5, 0.6) is 0 Å². The monoisotopic (exact) mass is 357 g/mol. The topological polar surface area (TPSA) is 20.3 Å². The van der Waals surface area contributed by atoms with Crippen molar-refractivity contribution in [1.29, 1.82) is 0 Å². The summed E-state index contributed by atoms with van der Waals surface area (Å²) < 4.78 is 0. The van der Waals surface area contributed by atoms with Gasteiger partial charge in [0.15, 0.2) is 0 Å². The lowest BCUT2D eigenvalue weighted by Crippen LogP contribution is -2.30. The van der Waals surface area contributed by atoms with Gasteiger partial charge in [0.2, 0.25) is 0 Å². The Hall–Kier alpha value is -0.680. The average Bonchev–Trinajstić information content (AvgIpc) is 3.04. The van der Waals surface area contributed by atoms with Crippen LogP contribution in [0.4, 0.5) is 0 Å². The van der Waals surface area contributed by atoms with Gasteiger partial charge in [0.05, 0.1) is 0 Å². The Bertz CT molecular complexity index is 666. The van der Waals surface area contributed by atoms with E-state index >= 15 is 0 Å². The van der Waals surface area contributed by atoms with Crippen molar-refractivity contribution >= 4 is 52.2 Å². The summed E-state index contributed by atoms with van der Waals surface area (Å²) in [4.78, 5) is 17.1. The molecule has 0 aliphatic carbocycles. The first-order chi connectivity index (χ1) is 10.0. The zero-order valence-electron chi connectivity index (χ0n) is 11.3. The number of aryl methyl sites for hydroxylation is 1. The Morgan fingerprint density at radius 1 is 1.24 bits per heavy atom. The van der Waals surface area contributed by atoms with E-state index in [2.05, 4.69) is 19.1 Å². The van der Waals surface area contributed by atoms with E-state index in [1.54, 1.807) is 41.3 Å². The van der Waals surface area contributed by atoms with E-state index in [1.165, 1.54) is 9.75 Å². The summed E-state index contributed by atoms with van der Waals surface area (Å²) in [6, 6.07) is 9.19. The number of rotatable bonds is 2. The lowest BCUT2D eigenvalue weighted by atomic mass is 10.2. The maximum absolute atomic E-state index is 12.7. The van der Waals surface area contributed by atoms with Crippen molar-refractivity contribution < 1.29 is 4.79 Å². The molecule has 1 atom stereocenters. The predicted octanol–water partition coefficient (Wildman–Crippen LogP) is 5.25. The summed E-state index contributed by atoms with van der Waals surface area (Å²) in [6.45, 7) is 2.83. The quantitative estimate of drug-likeness (QED) is 0.731. The van der Waals surface area contributed by atoms with Crippen LogP contribution in [0.15, 0.2) is 30.3 Å². The van der Waals surface area contributed by atoms with Gasteiger partial charge in [0.1, 0.15) is 5.37 Å². The largest absolute Gasteiger partial charge is 0.321 e. The number of amides is 1. The van der Waals surface area contributed by atoms with E-state index in [0.717, 1.165) is 12.3 Å². The van der Waals surface area contributed by atoms with Gasteiger partial charge in [-0.15, -0.1) is 23.1 Å². The lowest BCUT2D eigenvalue weighted by Gasteiger charge is -2.23. The van der Waals surface area contributed by atoms with Gasteiger partial charge in [-0.25, -0.2) is 0 Å². The van der Waals surface area contributed by atoms with Crippen LogP contribution in [-0.2, 0) is 0 Å². The van der Waals surface area contributed by atoms with Crippen LogP contribution in [0.2, 0.25) is 10.0 Å². The highest BCUT2D eigenvalue weighted by molar-refractivity contribution is 7.99. The fraction of sp³-hybridized carbons (Fsp3) is 0.267. The van der Waals surface area contributed by atoms with Crippen LogP contribution in [0.1, 0.15) is 25.5 Å². The summed E-state index contributed by atoms with van der Waals surface area (Å²) in [6.07, 6.45) is 0. The van der Waals surface area contributed by atoms with Crippen molar-refractivity contribution in [3.8, 4) is 0 Å². The van der Waals surface area contributed by atoms with Crippen molar-refractivity contribution in [1.82, 2.24) is 4.90 Å². The van der Waals surface area contributed by atoms with Gasteiger partial charge >= 0.3 is 0 Å². The molecule has 1 amide bonds. The van der Waals surface area contributed by atoms with Crippen LogP contribution >= 0.6 is 46.3 Å². The van der Waals surface area contributed by atoms with E-state index in [-0.39, 0.29) is 11.3 Å². The standard InChI is InChI=1S/C15H13Cl2NOS2/c1-9-2-3-13(21-9)15-18(4-5-20-15)14(19)10-6-11(16)8-12(17)7-10/h2-3,6-8,15H,4-5H2,1H3/t15-/m0/s1. The van der Waals surface area contributed by atoms with Crippen molar-refractivity contribution in [2.24, 2.45) is 0 Å². The molecule has 0 radical (unpaired) electrons. The summed E-state index contributed by atoms with van der Waals surface area (Å²) >= 11 is 15.5. The first-order valence-electron chi connectivity index (χ1n) is 6.49. The van der Waals surface area contributed by atoms with Gasteiger partial charge in [0.25, 0.3) is 5.91 Å². The molecule has 1 saturated heterocycles. The molecule has 21 heavy (non-hydrogen) atoms. The maximum atomic E-state index is 12.7. The Balaban J connectivity index is 1.89. The van der Waals surface area contributed by atoms with Gasteiger partial charge in [-0.2, -0.15) is 0 Å². The molecule has 0 bridgehead atoms. The third-order valence-electron chi connectivity index (χ3n) is 3.27. The summed E-state index contributed by atoms with van der Waals surface area (Å²) in [5, 5.41) is 1.07. The molecule has 2 aromatic rings. The van der Waals surface area contributed by atoms with Crippen LogP contribution in [0, 0.1) is 6.92 Å². The Kier molecular flexibility index (Phi) is 4.50. The van der Waals surface area contributed by atoms with E-state index in [9.17, 15) is 4.79 Å². The summed E-state index contributed by atoms with van der Waals surface area (Å²) in [5.41, 5.74) is 0.549. The number of carbonyl (C=O) groups is 1. The van der Waals surface area contributed by atoms with Crippen LogP contribution in [0.3, 0.4) is 0 Å². The van der Waals surface area contributed by atoms with Gasteiger partial charge in [-0.1, -0.05) is 23.2 Å². The lowest BCUT2D eigenvalue weighted by molar-refractivity contribution is 0.0762. The minimum Gasteiger partial charge on any atom is -0.321 e. The van der Waals surface area contributed by atoms with Crippen LogP contribution in [-0.4, -0.2) is 23.1 Å². The van der Waals surface area contributed by atoms with Gasteiger partial charge in [-0.3, -0.25) is 4.79 Å². The van der Waals surface area contributed by atoms with Gasteiger partial charge < -0.3 is 4.90 Å². The highest BCUT2D eigenvalue weighted by atomic mass is 35.5. The Labute approximate surface area is 142 Å². The highest BCUT2D eigenvalue weighted by Crippen LogP contribution is 2.41. The third kappa shape index (κ3) is 3.24. The number of thiophene rings is 1. The molecule has 1 aliphatic rings.